The first kappa shape index (κ1) is 13.9. The van der Waals surface area contributed by atoms with E-state index < -0.39 is 6.04 Å². The molecule has 7 nitrogen and oxygen atoms in total. The number of rotatable bonds is 4. The topological polar surface area (TPSA) is 85.1 Å². The average Bonchev–Trinajstić information content (AvgIpc) is 2.99. The van der Waals surface area contributed by atoms with E-state index in [2.05, 4.69) is 25.8 Å². The molecule has 0 spiro atoms. The van der Waals surface area contributed by atoms with Crippen LogP contribution in [0, 0.1) is 0 Å². The fourth-order valence-corrected chi connectivity index (χ4v) is 2.00. The van der Waals surface area contributed by atoms with Crippen LogP contribution in [0.4, 0.5) is 0 Å². The summed E-state index contributed by atoms with van der Waals surface area (Å²) in [5.41, 5.74) is 4.92. The van der Waals surface area contributed by atoms with Crippen molar-refractivity contribution in [1.29, 1.82) is 0 Å². The van der Waals surface area contributed by atoms with Gasteiger partial charge in [-0.2, -0.15) is 5.10 Å². The molecule has 3 aromatic rings. The van der Waals surface area contributed by atoms with Crippen LogP contribution in [-0.4, -0.2) is 32.1 Å². The molecule has 0 aliphatic rings. The zero-order valence-corrected chi connectivity index (χ0v) is 11.9. The highest BCUT2D eigenvalue weighted by molar-refractivity contribution is 5.85. The average molecular weight is 294 g/mol. The van der Waals surface area contributed by atoms with Gasteiger partial charge >= 0.3 is 0 Å². The minimum Gasteiger partial charge on any atom is -0.271 e. The van der Waals surface area contributed by atoms with Crippen LogP contribution in [0.15, 0.2) is 53.9 Å². The van der Waals surface area contributed by atoms with E-state index in [1.807, 2.05) is 24.3 Å². The van der Waals surface area contributed by atoms with E-state index in [4.69, 9.17) is 0 Å². The minimum absolute atomic E-state index is 0.263. The van der Waals surface area contributed by atoms with Gasteiger partial charge in [0.15, 0.2) is 0 Å². The SMILES string of the molecule is CC(C(=O)N/N=C/c1ccncc1)n1nnc2ccccc21. The maximum absolute atomic E-state index is 12.1. The Morgan fingerprint density at radius 1 is 1.27 bits per heavy atom. The molecule has 1 atom stereocenters. The van der Waals surface area contributed by atoms with Crippen molar-refractivity contribution >= 4 is 23.2 Å². The predicted octanol–water partition coefficient (Wildman–Crippen LogP) is 1.54. The van der Waals surface area contributed by atoms with E-state index >= 15 is 0 Å². The highest BCUT2D eigenvalue weighted by atomic mass is 16.2. The molecule has 2 heterocycles. The number of para-hydroxylation sites is 1. The van der Waals surface area contributed by atoms with E-state index in [-0.39, 0.29) is 5.91 Å². The first-order chi connectivity index (χ1) is 10.8. The number of amides is 1. The minimum atomic E-state index is -0.512. The molecule has 7 heteroatoms. The molecule has 0 saturated carbocycles. The molecule has 1 unspecified atom stereocenters. The molecule has 2 aromatic heterocycles. The molecule has 1 N–H and O–H groups in total. The zero-order chi connectivity index (χ0) is 15.4. The summed E-state index contributed by atoms with van der Waals surface area (Å²) in [4.78, 5) is 16.1. The molecule has 1 aromatic carbocycles. The van der Waals surface area contributed by atoms with Crippen LogP contribution < -0.4 is 5.43 Å². The van der Waals surface area contributed by atoms with Crippen LogP contribution in [0.2, 0.25) is 0 Å². The lowest BCUT2D eigenvalue weighted by atomic mass is 10.3. The molecule has 0 bridgehead atoms. The Morgan fingerprint density at radius 2 is 2.05 bits per heavy atom. The van der Waals surface area contributed by atoms with Crippen LogP contribution >= 0.6 is 0 Å². The Hall–Kier alpha value is -3.09. The highest BCUT2D eigenvalue weighted by Gasteiger charge is 2.17. The van der Waals surface area contributed by atoms with E-state index in [1.54, 1.807) is 42.3 Å². The van der Waals surface area contributed by atoms with Crippen LogP contribution in [0.25, 0.3) is 11.0 Å². The zero-order valence-electron chi connectivity index (χ0n) is 11.9. The van der Waals surface area contributed by atoms with Gasteiger partial charge in [0.05, 0.1) is 11.7 Å². The number of nitrogens with zero attached hydrogens (tertiary/aromatic N) is 5. The lowest BCUT2D eigenvalue weighted by Gasteiger charge is -2.10. The van der Waals surface area contributed by atoms with Gasteiger partial charge in [0, 0.05) is 12.4 Å². The molecular weight excluding hydrogens is 280 g/mol. The van der Waals surface area contributed by atoms with Gasteiger partial charge in [-0.3, -0.25) is 9.78 Å². The van der Waals surface area contributed by atoms with Crippen molar-refractivity contribution in [3.05, 3.63) is 54.4 Å². The maximum atomic E-state index is 12.1. The third-order valence-corrected chi connectivity index (χ3v) is 3.22. The number of hydrogen-bond acceptors (Lipinski definition) is 5. The maximum Gasteiger partial charge on any atom is 0.264 e. The molecule has 0 radical (unpaired) electrons. The molecule has 0 aliphatic heterocycles. The van der Waals surface area contributed by atoms with Crippen molar-refractivity contribution in [1.82, 2.24) is 25.4 Å². The Morgan fingerprint density at radius 3 is 2.86 bits per heavy atom. The molecule has 0 aliphatic carbocycles. The van der Waals surface area contributed by atoms with Gasteiger partial charge in [-0.05, 0) is 36.8 Å². The predicted molar refractivity (Wildman–Crippen MR) is 82.2 cm³/mol. The van der Waals surface area contributed by atoms with Crippen molar-refractivity contribution in [2.75, 3.05) is 0 Å². The van der Waals surface area contributed by atoms with Gasteiger partial charge < -0.3 is 0 Å². The number of hydrazone groups is 1. The normalized spacial score (nSPS) is 12.6. The van der Waals surface area contributed by atoms with Gasteiger partial charge in [-0.25, -0.2) is 10.1 Å². The second-order valence-corrected chi connectivity index (χ2v) is 4.71. The summed E-state index contributed by atoms with van der Waals surface area (Å²) in [7, 11) is 0. The molecule has 3 rings (SSSR count). The van der Waals surface area contributed by atoms with Crippen molar-refractivity contribution in [2.24, 2.45) is 5.10 Å². The summed E-state index contributed by atoms with van der Waals surface area (Å²) in [6.45, 7) is 1.75. The number of nitrogens with one attached hydrogen (secondary N) is 1. The number of pyridine rings is 1. The largest absolute Gasteiger partial charge is 0.271 e. The van der Waals surface area contributed by atoms with Gasteiger partial charge in [-0.15, -0.1) is 5.10 Å². The third kappa shape index (κ3) is 2.83. The van der Waals surface area contributed by atoms with Gasteiger partial charge in [0.1, 0.15) is 11.6 Å². The Bertz CT molecular complexity index is 811. The molecular formula is C15H14N6O. The van der Waals surface area contributed by atoms with E-state index in [1.165, 1.54) is 0 Å². The number of aromatic nitrogens is 4. The third-order valence-electron chi connectivity index (χ3n) is 3.22. The summed E-state index contributed by atoms with van der Waals surface area (Å²) in [6, 6.07) is 10.6. The van der Waals surface area contributed by atoms with Crippen molar-refractivity contribution < 1.29 is 4.79 Å². The summed E-state index contributed by atoms with van der Waals surface area (Å²) >= 11 is 0. The number of hydrogen-bond donors (Lipinski definition) is 1. The van der Waals surface area contributed by atoms with Crippen LogP contribution in [-0.2, 0) is 4.79 Å². The highest BCUT2D eigenvalue weighted by Crippen LogP contribution is 2.15. The van der Waals surface area contributed by atoms with E-state index in [0.29, 0.717) is 0 Å². The Balaban J connectivity index is 1.71. The molecule has 110 valence electrons. The van der Waals surface area contributed by atoms with Gasteiger partial charge in [0.2, 0.25) is 0 Å². The second kappa shape index (κ2) is 6.13. The molecule has 22 heavy (non-hydrogen) atoms. The monoisotopic (exact) mass is 294 g/mol. The number of benzene rings is 1. The number of carbonyl (C=O) groups excluding carboxylic acids is 1. The fraction of sp³-hybridized carbons (Fsp3) is 0.133. The second-order valence-electron chi connectivity index (χ2n) is 4.71. The number of fused-ring (bicyclic) bond motifs is 1. The number of carbonyl (C=O) groups is 1. The lowest BCUT2D eigenvalue weighted by Crippen LogP contribution is -2.28. The summed E-state index contributed by atoms with van der Waals surface area (Å²) in [6.07, 6.45) is 4.88. The standard InChI is InChI=1S/C15H14N6O/c1-11(21-14-5-3-2-4-13(14)18-20-21)15(22)19-17-10-12-6-8-16-9-7-12/h2-11H,1H3,(H,19,22)/b17-10+. The van der Waals surface area contributed by atoms with Crippen LogP contribution in [0.5, 0.6) is 0 Å². The lowest BCUT2D eigenvalue weighted by molar-refractivity contribution is -0.124. The van der Waals surface area contributed by atoms with Crippen LogP contribution in [0.3, 0.4) is 0 Å². The van der Waals surface area contributed by atoms with Gasteiger partial charge in [0.25, 0.3) is 5.91 Å². The van der Waals surface area contributed by atoms with Crippen LogP contribution in [0.1, 0.15) is 18.5 Å². The van der Waals surface area contributed by atoms with E-state index in [9.17, 15) is 4.79 Å². The fourth-order valence-electron chi connectivity index (χ4n) is 2.00. The Labute approximate surface area is 126 Å². The summed E-state index contributed by atoms with van der Waals surface area (Å²) in [5, 5.41) is 12.0. The molecule has 1 amide bonds. The molecule has 0 saturated heterocycles. The van der Waals surface area contributed by atoms with Crippen molar-refractivity contribution in [3.8, 4) is 0 Å². The van der Waals surface area contributed by atoms with E-state index in [0.717, 1.165) is 16.6 Å². The summed E-state index contributed by atoms with van der Waals surface area (Å²) in [5.74, 6) is -0.263. The summed E-state index contributed by atoms with van der Waals surface area (Å²) < 4.78 is 1.58. The van der Waals surface area contributed by atoms with Crippen molar-refractivity contribution in [2.45, 2.75) is 13.0 Å². The van der Waals surface area contributed by atoms with Crippen molar-refractivity contribution in [3.63, 3.8) is 0 Å². The Kier molecular flexibility index (Phi) is 3.86. The smallest absolute Gasteiger partial charge is 0.264 e. The van der Waals surface area contributed by atoms with Gasteiger partial charge in [-0.1, -0.05) is 17.3 Å². The quantitative estimate of drug-likeness (QED) is 0.584. The first-order valence-electron chi connectivity index (χ1n) is 6.78. The first-order valence-corrected chi connectivity index (χ1v) is 6.78. The molecule has 0 fully saturated rings.